The van der Waals surface area contributed by atoms with Crippen LogP contribution >= 0.6 is 11.3 Å². The molecule has 1 heterocycles. The SMILES string of the molecule is Cc1cc(C(=O)CS(=O)C2CCCCC2)c(C)s1. The predicted molar refractivity (Wildman–Crippen MR) is 78.0 cm³/mol. The topological polar surface area (TPSA) is 34.1 Å². The van der Waals surface area contributed by atoms with E-state index in [9.17, 15) is 9.00 Å². The Morgan fingerprint density at radius 3 is 2.56 bits per heavy atom. The molecule has 1 fully saturated rings. The van der Waals surface area contributed by atoms with E-state index in [1.165, 1.54) is 19.3 Å². The van der Waals surface area contributed by atoms with Crippen LogP contribution < -0.4 is 0 Å². The lowest BCUT2D eigenvalue weighted by Gasteiger charge is -2.20. The molecule has 0 saturated heterocycles. The Balaban J connectivity index is 1.98. The molecule has 0 aromatic carbocycles. The molecule has 1 aromatic heterocycles. The van der Waals surface area contributed by atoms with Crippen LogP contribution in [0.1, 0.15) is 52.2 Å². The summed E-state index contributed by atoms with van der Waals surface area (Å²) in [5, 5.41) is 0.253. The fourth-order valence-corrected chi connectivity index (χ4v) is 5.01. The summed E-state index contributed by atoms with van der Waals surface area (Å²) in [5.74, 6) is 0.266. The third-order valence-electron chi connectivity index (χ3n) is 3.54. The fourth-order valence-electron chi connectivity index (χ4n) is 2.56. The summed E-state index contributed by atoms with van der Waals surface area (Å²) in [6.07, 6.45) is 5.65. The summed E-state index contributed by atoms with van der Waals surface area (Å²) >= 11 is 1.64. The van der Waals surface area contributed by atoms with Gasteiger partial charge in [-0.05, 0) is 32.8 Å². The van der Waals surface area contributed by atoms with Gasteiger partial charge in [-0.3, -0.25) is 9.00 Å². The van der Waals surface area contributed by atoms with Crippen molar-refractivity contribution in [1.29, 1.82) is 0 Å². The molecule has 0 radical (unpaired) electrons. The monoisotopic (exact) mass is 284 g/mol. The summed E-state index contributed by atoms with van der Waals surface area (Å²) in [7, 11) is -0.981. The van der Waals surface area contributed by atoms with Crippen molar-refractivity contribution in [2.24, 2.45) is 0 Å². The van der Waals surface area contributed by atoms with Crippen molar-refractivity contribution in [1.82, 2.24) is 0 Å². The van der Waals surface area contributed by atoms with E-state index >= 15 is 0 Å². The van der Waals surface area contributed by atoms with Gasteiger partial charge in [0.1, 0.15) is 0 Å². The van der Waals surface area contributed by atoms with Crippen molar-refractivity contribution in [2.45, 2.75) is 51.2 Å². The number of carbonyl (C=O) groups is 1. The van der Waals surface area contributed by atoms with Crippen LogP contribution in [0.15, 0.2) is 6.07 Å². The van der Waals surface area contributed by atoms with Crippen molar-refractivity contribution < 1.29 is 9.00 Å². The molecule has 100 valence electrons. The molecule has 1 aromatic rings. The molecule has 0 spiro atoms. The van der Waals surface area contributed by atoms with Crippen molar-refractivity contribution in [3.05, 3.63) is 21.4 Å². The second kappa shape index (κ2) is 6.11. The smallest absolute Gasteiger partial charge is 0.176 e. The Kier molecular flexibility index (Phi) is 4.73. The predicted octanol–water partition coefficient (Wildman–Crippen LogP) is 3.63. The van der Waals surface area contributed by atoms with Gasteiger partial charge in [0.05, 0.1) is 5.75 Å². The average Bonchev–Trinajstić information content (AvgIpc) is 2.69. The van der Waals surface area contributed by atoms with Crippen LogP contribution in [0, 0.1) is 13.8 Å². The molecule has 1 aliphatic carbocycles. The number of carbonyl (C=O) groups excluding carboxylic acids is 1. The van der Waals surface area contributed by atoms with Crippen LogP contribution in [0.4, 0.5) is 0 Å². The van der Waals surface area contributed by atoms with E-state index in [4.69, 9.17) is 0 Å². The van der Waals surface area contributed by atoms with Gasteiger partial charge in [-0.15, -0.1) is 11.3 Å². The highest BCUT2D eigenvalue weighted by Crippen LogP contribution is 2.24. The Labute approximate surface area is 115 Å². The summed E-state index contributed by atoms with van der Waals surface area (Å²) in [6.45, 7) is 3.97. The first-order valence-electron chi connectivity index (χ1n) is 6.55. The first-order valence-corrected chi connectivity index (χ1v) is 8.75. The van der Waals surface area contributed by atoms with Crippen molar-refractivity contribution in [3.63, 3.8) is 0 Å². The standard InChI is InChI=1S/C14H20O2S2/c1-10-8-13(11(2)17-10)14(15)9-18(16)12-6-4-3-5-7-12/h8,12H,3-7,9H2,1-2H3. The summed E-state index contributed by atoms with van der Waals surface area (Å²) in [6, 6.07) is 1.93. The minimum atomic E-state index is -0.981. The van der Waals surface area contributed by atoms with E-state index in [1.54, 1.807) is 11.3 Å². The number of ketones is 1. The highest BCUT2D eigenvalue weighted by atomic mass is 32.2. The molecule has 0 aliphatic heterocycles. The number of aryl methyl sites for hydroxylation is 2. The maximum absolute atomic E-state index is 12.2. The first-order chi connectivity index (χ1) is 8.58. The molecule has 0 bridgehead atoms. The average molecular weight is 284 g/mol. The van der Waals surface area contributed by atoms with Crippen LogP contribution in [0.3, 0.4) is 0 Å². The van der Waals surface area contributed by atoms with E-state index in [2.05, 4.69) is 0 Å². The zero-order valence-electron chi connectivity index (χ0n) is 11.0. The molecule has 1 atom stereocenters. The Morgan fingerprint density at radius 2 is 2.00 bits per heavy atom. The van der Waals surface area contributed by atoms with Gasteiger partial charge >= 0.3 is 0 Å². The minimum Gasteiger partial charge on any atom is -0.293 e. The van der Waals surface area contributed by atoms with Gasteiger partial charge in [-0.1, -0.05) is 19.3 Å². The molecule has 1 aliphatic rings. The summed E-state index contributed by atoms with van der Waals surface area (Å²) < 4.78 is 12.2. The van der Waals surface area contributed by atoms with Gasteiger partial charge in [-0.25, -0.2) is 0 Å². The molecule has 2 rings (SSSR count). The zero-order chi connectivity index (χ0) is 13.1. The molecule has 0 N–H and O–H groups in total. The molecular weight excluding hydrogens is 264 g/mol. The summed E-state index contributed by atoms with van der Waals surface area (Å²) in [4.78, 5) is 14.4. The number of hydrogen-bond donors (Lipinski definition) is 0. The molecule has 1 unspecified atom stereocenters. The molecule has 0 amide bonds. The van der Waals surface area contributed by atoms with E-state index < -0.39 is 10.8 Å². The number of Topliss-reactive ketones (excluding diaryl/α,β-unsaturated/α-hetero) is 1. The molecule has 2 nitrogen and oxygen atoms in total. The normalized spacial score (nSPS) is 18.8. The second-order valence-corrected chi connectivity index (χ2v) is 8.21. The highest BCUT2D eigenvalue weighted by Gasteiger charge is 2.23. The van der Waals surface area contributed by atoms with Crippen molar-refractivity contribution in [3.8, 4) is 0 Å². The Hall–Kier alpha value is -0.480. The van der Waals surface area contributed by atoms with Crippen LogP contribution in [0.25, 0.3) is 0 Å². The lowest BCUT2D eigenvalue weighted by atomic mass is 10.0. The van der Waals surface area contributed by atoms with Crippen LogP contribution in [0.5, 0.6) is 0 Å². The van der Waals surface area contributed by atoms with E-state index in [-0.39, 0.29) is 16.8 Å². The largest absolute Gasteiger partial charge is 0.293 e. The number of rotatable bonds is 4. The quantitative estimate of drug-likeness (QED) is 0.791. The van der Waals surface area contributed by atoms with Gasteiger partial charge in [0, 0.05) is 31.4 Å². The van der Waals surface area contributed by atoms with Crippen molar-refractivity contribution >= 4 is 27.9 Å². The first kappa shape index (κ1) is 13.9. The van der Waals surface area contributed by atoms with Gasteiger partial charge in [0.15, 0.2) is 5.78 Å². The number of hydrogen-bond acceptors (Lipinski definition) is 3. The van der Waals surface area contributed by atoms with Crippen molar-refractivity contribution in [2.75, 3.05) is 5.75 Å². The third-order valence-corrected chi connectivity index (χ3v) is 6.27. The molecule has 4 heteroatoms. The van der Waals surface area contributed by atoms with Crippen LogP contribution in [-0.2, 0) is 10.8 Å². The fraction of sp³-hybridized carbons (Fsp3) is 0.643. The van der Waals surface area contributed by atoms with Gasteiger partial charge in [-0.2, -0.15) is 0 Å². The maximum atomic E-state index is 12.2. The molecular formula is C14H20O2S2. The van der Waals surface area contributed by atoms with Gasteiger partial charge in [0.25, 0.3) is 0 Å². The second-order valence-electron chi connectivity index (χ2n) is 5.04. The zero-order valence-corrected chi connectivity index (χ0v) is 12.7. The third kappa shape index (κ3) is 3.29. The van der Waals surface area contributed by atoms with Crippen LogP contribution in [-0.4, -0.2) is 21.0 Å². The van der Waals surface area contributed by atoms with Gasteiger partial charge in [0.2, 0.25) is 0 Å². The summed E-state index contributed by atoms with van der Waals surface area (Å²) in [5.41, 5.74) is 0.779. The van der Waals surface area contributed by atoms with E-state index in [0.29, 0.717) is 0 Å². The molecule has 1 saturated carbocycles. The Morgan fingerprint density at radius 1 is 1.33 bits per heavy atom. The number of thiophene rings is 1. The van der Waals surface area contributed by atoms with E-state index in [0.717, 1.165) is 28.2 Å². The Bertz CT molecular complexity index is 456. The lowest BCUT2D eigenvalue weighted by Crippen LogP contribution is -2.24. The highest BCUT2D eigenvalue weighted by molar-refractivity contribution is 7.86. The lowest BCUT2D eigenvalue weighted by molar-refractivity contribution is 0.102. The molecule has 18 heavy (non-hydrogen) atoms. The van der Waals surface area contributed by atoms with E-state index in [1.807, 2.05) is 19.9 Å². The van der Waals surface area contributed by atoms with Gasteiger partial charge < -0.3 is 0 Å². The minimum absolute atomic E-state index is 0.0563. The maximum Gasteiger partial charge on any atom is 0.176 e. The van der Waals surface area contributed by atoms with Crippen LogP contribution in [0.2, 0.25) is 0 Å².